The van der Waals surface area contributed by atoms with Crippen molar-refractivity contribution in [2.24, 2.45) is 0 Å². The van der Waals surface area contributed by atoms with Crippen LogP contribution < -0.4 is 25.9 Å². The van der Waals surface area contributed by atoms with Crippen molar-refractivity contribution in [2.45, 2.75) is 19.9 Å². The van der Waals surface area contributed by atoms with Gasteiger partial charge in [-0.2, -0.15) is 0 Å². The molecule has 5 rings (SSSR count). The van der Waals surface area contributed by atoms with Crippen LogP contribution in [0.3, 0.4) is 0 Å². The average Bonchev–Trinajstić information content (AvgIpc) is 3.40. The summed E-state index contributed by atoms with van der Waals surface area (Å²) in [6.45, 7) is 2.50. The summed E-state index contributed by atoms with van der Waals surface area (Å²) < 4.78 is 13.8. The van der Waals surface area contributed by atoms with Gasteiger partial charge in [0.1, 0.15) is 29.0 Å². The van der Waals surface area contributed by atoms with Gasteiger partial charge in [0.2, 0.25) is 11.5 Å². The molecule has 5 aromatic rings. The van der Waals surface area contributed by atoms with Crippen molar-refractivity contribution in [2.75, 3.05) is 19.4 Å². The number of methoxy groups -OCH3 is 1. The molecule has 4 heterocycles. The number of pyridine rings is 2. The van der Waals surface area contributed by atoms with Crippen LogP contribution in [-0.2, 0) is 13.0 Å². The number of ether oxygens (including phenoxy) is 1. The zero-order valence-corrected chi connectivity index (χ0v) is 20.0. The molecular weight excluding hydrogens is 458 g/mol. The van der Waals surface area contributed by atoms with Gasteiger partial charge in [-0.25, -0.2) is 4.57 Å². The molecule has 0 fully saturated rings. The fourth-order valence-corrected chi connectivity index (χ4v) is 4.22. The minimum Gasteiger partial charge on any atom is -0.497 e. The Morgan fingerprint density at radius 2 is 2.00 bits per heavy atom. The molecule has 0 aliphatic rings. The number of carbonyl (C=O) groups excluding carboxylic acids is 1. The van der Waals surface area contributed by atoms with Crippen LogP contribution in [0.1, 0.15) is 27.2 Å². The molecule has 9 nitrogen and oxygen atoms in total. The van der Waals surface area contributed by atoms with Gasteiger partial charge in [0.15, 0.2) is 0 Å². The smallest absolute Gasteiger partial charge is 0.278 e. The SMILES string of the molecule is COc1ccc(CCNC(=O)c2cc3c(=O)n4cccc(C)c4nc3[n+](Cc3ccco3)c2N)cc1. The maximum absolute atomic E-state index is 13.4. The van der Waals surface area contributed by atoms with E-state index in [1.807, 2.05) is 37.3 Å². The van der Waals surface area contributed by atoms with E-state index in [4.69, 9.17) is 19.9 Å². The van der Waals surface area contributed by atoms with E-state index in [9.17, 15) is 9.59 Å². The van der Waals surface area contributed by atoms with Crippen molar-refractivity contribution < 1.29 is 18.5 Å². The zero-order chi connectivity index (χ0) is 25.2. The van der Waals surface area contributed by atoms with Crippen LogP contribution in [0.25, 0.3) is 16.7 Å². The van der Waals surface area contributed by atoms with E-state index < -0.39 is 0 Å². The Labute approximate surface area is 206 Å². The lowest BCUT2D eigenvalue weighted by Gasteiger charge is -2.12. The highest BCUT2D eigenvalue weighted by molar-refractivity contribution is 6.00. The number of aromatic nitrogens is 3. The van der Waals surface area contributed by atoms with Crippen molar-refractivity contribution in [1.82, 2.24) is 14.7 Å². The highest BCUT2D eigenvalue weighted by atomic mass is 16.5. The van der Waals surface area contributed by atoms with Gasteiger partial charge >= 0.3 is 0 Å². The van der Waals surface area contributed by atoms with E-state index in [0.717, 1.165) is 16.9 Å². The third-order valence-corrected chi connectivity index (χ3v) is 6.17. The summed E-state index contributed by atoms with van der Waals surface area (Å²) in [6.07, 6.45) is 3.86. The molecule has 0 saturated carbocycles. The Kier molecular flexibility index (Phi) is 6.12. The largest absolute Gasteiger partial charge is 0.497 e. The molecule has 0 spiro atoms. The first-order valence-electron chi connectivity index (χ1n) is 11.5. The number of nitrogens with one attached hydrogen (secondary N) is 1. The number of hydrogen-bond donors (Lipinski definition) is 2. The molecule has 9 heteroatoms. The monoisotopic (exact) mass is 484 g/mol. The predicted molar refractivity (Wildman–Crippen MR) is 135 cm³/mol. The van der Waals surface area contributed by atoms with E-state index in [0.29, 0.717) is 35.4 Å². The van der Waals surface area contributed by atoms with Crippen molar-refractivity contribution in [1.29, 1.82) is 0 Å². The van der Waals surface area contributed by atoms with E-state index >= 15 is 0 Å². The number of nitrogen functional groups attached to an aromatic ring is 1. The van der Waals surface area contributed by atoms with Gasteiger partial charge in [0.05, 0.1) is 13.4 Å². The quantitative estimate of drug-likeness (QED) is 0.271. The second-order valence-corrected chi connectivity index (χ2v) is 8.50. The summed E-state index contributed by atoms with van der Waals surface area (Å²) in [5.74, 6) is 1.22. The summed E-state index contributed by atoms with van der Waals surface area (Å²) in [5, 5.41) is 3.21. The number of benzene rings is 1. The highest BCUT2D eigenvalue weighted by Crippen LogP contribution is 2.17. The minimum absolute atomic E-state index is 0.200. The summed E-state index contributed by atoms with van der Waals surface area (Å²) in [5.41, 5.74) is 9.25. The molecule has 0 saturated heterocycles. The molecule has 1 aromatic carbocycles. The van der Waals surface area contributed by atoms with Crippen molar-refractivity contribution in [3.8, 4) is 5.75 Å². The topological polar surface area (TPSA) is 116 Å². The molecule has 0 aliphatic carbocycles. The Morgan fingerprint density at radius 1 is 1.19 bits per heavy atom. The maximum atomic E-state index is 13.4. The number of rotatable bonds is 7. The summed E-state index contributed by atoms with van der Waals surface area (Å²) in [6, 6.07) is 16.4. The Balaban J connectivity index is 1.54. The van der Waals surface area contributed by atoms with Gasteiger partial charge in [0, 0.05) is 18.3 Å². The first-order chi connectivity index (χ1) is 17.5. The van der Waals surface area contributed by atoms with Crippen LogP contribution in [0.5, 0.6) is 5.75 Å². The lowest BCUT2D eigenvalue weighted by molar-refractivity contribution is -0.651. The average molecular weight is 485 g/mol. The summed E-state index contributed by atoms with van der Waals surface area (Å²) in [4.78, 5) is 31.4. The molecule has 1 amide bonds. The number of hydrogen-bond acceptors (Lipinski definition) is 6. The molecule has 0 atom stereocenters. The number of aryl methyl sites for hydroxylation is 1. The molecule has 182 valence electrons. The molecule has 0 unspecified atom stereocenters. The lowest BCUT2D eigenvalue weighted by Crippen LogP contribution is -2.43. The zero-order valence-electron chi connectivity index (χ0n) is 20.0. The van der Waals surface area contributed by atoms with E-state index in [-0.39, 0.29) is 29.4 Å². The summed E-state index contributed by atoms with van der Waals surface area (Å²) >= 11 is 0. The van der Waals surface area contributed by atoms with Gasteiger partial charge < -0.3 is 20.2 Å². The Bertz CT molecular complexity index is 1620. The van der Waals surface area contributed by atoms with E-state index in [1.54, 1.807) is 42.3 Å². The van der Waals surface area contributed by atoms with Gasteiger partial charge in [0.25, 0.3) is 17.1 Å². The fourth-order valence-electron chi connectivity index (χ4n) is 4.22. The van der Waals surface area contributed by atoms with Crippen molar-refractivity contribution in [3.05, 3.63) is 99.9 Å². The van der Waals surface area contributed by atoms with Crippen LogP contribution in [0.4, 0.5) is 5.82 Å². The second-order valence-electron chi connectivity index (χ2n) is 8.50. The van der Waals surface area contributed by atoms with Gasteiger partial charge in [-0.3, -0.25) is 14.0 Å². The van der Waals surface area contributed by atoms with Crippen molar-refractivity contribution in [3.63, 3.8) is 0 Å². The van der Waals surface area contributed by atoms with Crippen LogP contribution in [0, 0.1) is 6.92 Å². The molecule has 3 N–H and O–H groups in total. The Morgan fingerprint density at radius 3 is 2.72 bits per heavy atom. The second kappa shape index (κ2) is 9.53. The molecule has 36 heavy (non-hydrogen) atoms. The number of carbonyl (C=O) groups is 1. The number of nitrogens with zero attached hydrogens (tertiary/aromatic N) is 3. The van der Waals surface area contributed by atoms with Gasteiger partial charge in [-0.05, 0) is 55.3 Å². The number of anilines is 1. The lowest BCUT2D eigenvalue weighted by atomic mass is 10.1. The predicted octanol–water partition coefficient (Wildman–Crippen LogP) is 2.65. The molecule has 0 aliphatic heterocycles. The number of fused-ring (bicyclic) bond motifs is 2. The molecule has 0 radical (unpaired) electrons. The number of furan rings is 1. The van der Waals surface area contributed by atoms with Crippen LogP contribution in [0.2, 0.25) is 0 Å². The fraction of sp³-hybridized carbons (Fsp3) is 0.185. The normalized spacial score (nSPS) is 11.2. The maximum Gasteiger partial charge on any atom is 0.278 e. The van der Waals surface area contributed by atoms with Gasteiger partial charge in [-0.1, -0.05) is 23.2 Å². The van der Waals surface area contributed by atoms with Crippen LogP contribution in [-0.4, -0.2) is 28.9 Å². The first kappa shape index (κ1) is 23.1. The highest BCUT2D eigenvalue weighted by Gasteiger charge is 2.25. The standard InChI is InChI=1S/C27H25N5O4/c1-17-5-3-13-31-24(17)30-25-22(27(31)34)15-21(23(28)32(25)16-20-6-4-14-36-20)26(33)29-12-11-18-7-9-19(35-2)10-8-18/h3-10,13-15,28H,11-12,16H2,1-2H3,(H,29,33)/p+1. The van der Waals surface area contributed by atoms with E-state index in [1.165, 1.54) is 10.5 Å². The number of nitrogens with two attached hydrogens (primary N) is 1. The van der Waals surface area contributed by atoms with Crippen molar-refractivity contribution >= 4 is 28.4 Å². The van der Waals surface area contributed by atoms with E-state index in [2.05, 4.69) is 5.32 Å². The van der Waals surface area contributed by atoms with Crippen LogP contribution >= 0.6 is 0 Å². The molecule has 0 bridgehead atoms. The summed E-state index contributed by atoms with van der Waals surface area (Å²) in [7, 11) is 1.62. The van der Waals surface area contributed by atoms with Crippen LogP contribution in [0.15, 0.2) is 76.3 Å². The first-order valence-corrected chi connectivity index (χ1v) is 11.5. The molecule has 4 aromatic heterocycles. The molecular formula is C27H26N5O4+. The number of amides is 1. The Hall–Kier alpha value is -4.66. The van der Waals surface area contributed by atoms with Gasteiger partial charge in [-0.15, -0.1) is 0 Å². The third-order valence-electron chi connectivity index (χ3n) is 6.17. The third kappa shape index (κ3) is 4.26. The minimum atomic E-state index is -0.371.